The van der Waals surface area contributed by atoms with E-state index < -0.39 is 0 Å². The maximum absolute atomic E-state index is 5.39. The fraction of sp³-hybridized carbons (Fsp3) is 0.222. The van der Waals surface area contributed by atoms with Crippen molar-refractivity contribution in [1.29, 1.82) is 0 Å². The van der Waals surface area contributed by atoms with Crippen molar-refractivity contribution in [2.45, 2.75) is 12.1 Å². The Hall–Kier alpha value is -2.27. The summed E-state index contributed by atoms with van der Waals surface area (Å²) in [5.41, 5.74) is 3.92. The van der Waals surface area contributed by atoms with Gasteiger partial charge in [-0.05, 0) is 30.0 Å². The van der Waals surface area contributed by atoms with Crippen LogP contribution in [0.5, 0.6) is 5.75 Å². The fourth-order valence-electron chi connectivity index (χ4n) is 2.52. The van der Waals surface area contributed by atoms with Crippen molar-refractivity contribution in [2.24, 2.45) is 0 Å². The Morgan fingerprint density at radius 3 is 2.70 bits per heavy atom. The van der Waals surface area contributed by atoms with Gasteiger partial charge in [0.2, 0.25) is 0 Å². The van der Waals surface area contributed by atoms with E-state index in [0.717, 1.165) is 44.5 Å². The lowest BCUT2D eigenvalue weighted by Crippen LogP contribution is -1.98. The summed E-state index contributed by atoms with van der Waals surface area (Å²) >= 11 is 1.65. The van der Waals surface area contributed by atoms with Gasteiger partial charge in [-0.25, -0.2) is 9.97 Å². The third kappa shape index (κ3) is 3.10. The summed E-state index contributed by atoms with van der Waals surface area (Å²) in [5, 5.41) is 5.08. The van der Waals surface area contributed by atoms with Gasteiger partial charge in [-0.3, -0.25) is 0 Å². The van der Waals surface area contributed by atoms with Gasteiger partial charge >= 0.3 is 0 Å². The first-order valence-electron chi connectivity index (χ1n) is 7.52. The van der Waals surface area contributed by atoms with Crippen LogP contribution in [0.1, 0.15) is 6.92 Å². The Balaban J connectivity index is 2.30. The van der Waals surface area contributed by atoms with E-state index in [1.807, 2.05) is 43.4 Å². The molecule has 23 heavy (non-hydrogen) atoms. The quantitative estimate of drug-likeness (QED) is 0.554. The van der Waals surface area contributed by atoms with Crippen LogP contribution < -0.4 is 10.1 Å². The maximum atomic E-state index is 5.39. The first-order chi connectivity index (χ1) is 11.3. The van der Waals surface area contributed by atoms with Crippen LogP contribution in [0.25, 0.3) is 22.2 Å². The van der Waals surface area contributed by atoms with Crippen molar-refractivity contribution in [3.8, 4) is 17.0 Å². The molecule has 0 radical (unpaired) electrons. The Labute approximate surface area is 140 Å². The number of hydrogen-bond acceptors (Lipinski definition) is 5. The normalized spacial score (nSPS) is 10.7. The molecule has 0 atom stereocenters. The molecule has 2 aromatic carbocycles. The minimum Gasteiger partial charge on any atom is -0.497 e. The molecule has 0 spiro atoms. The number of thioether (sulfide) groups is 1. The molecule has 5 heteroatoms. The predicted octanol–water partition coefficient (Wildman–Crippen LogP) is 4.46. The highest BCUT2D eigenvalue weighted by Gasteiger charge is 2.14. The van der Waals surface area contributed by atoms with Crippen molar-refractivity contribution >= 4 is 28.4 Å². The average molecular weight is 325 g/mol. The molecule has 1 heterocycles. The molecule has 0 aliphatic rings. The highest BCUT2D eigenvalue weighted by Crippen LogP contribution is 2.35. The van der Waals surface area contributed by atoms with E-state index in [1.165, 1.54) is 0 Å². The summed E-state index contributed by atoms with van der Waals surface area (Å²) in [6, 6.07) is 14.1. The lowest BCUT2D eigenvalue weighted by molar-refractivity contribution is 0.415. The summed E-state index contributed by atoms with van der Waals surface area (Å²) < 4.78 is 5.39. The molecule has 1 N–H and O–H groups in total. The van der Waals surface area contributed by atoms with Crippen LogP contribution >= 0.6 is 11.8 Å². The molecule has 3 rings (SSSR count). The van der Waals surface area contributed by atoms with Crippen molar-refractivity contribution in [2.75, 3.05) is 25.2 Å². The highest BCUT2D eigenvalue weighted by atomic mass is 32.2. The van der Waals surface area contributed by atoms with E-state index in [1.54, 1.807) is 18.9 Å². The summed E-state index contributed by atoms with van der Waals surface area (Å²) in [4.78, 5) is 9.45. The van der Waals surface area contributed by atoms with Gasteiger partial charge in [0.25, 0.3) is 0 Å². The molecule has 0 aliphatic carbocycles. The van der Waals surface area contributed by atoms with E-state index in [4.69, 9.17) is 9.72 Å². The Bertz CT molecular complexity index is 836. The smallest absolute Gasteiger partial charge is 0.188 e. The van der Waals surface area contributed by atoms with Crippen LogP contribution in [0.15, 0.2) is 47.6 Å². The van der Waals surface area contributed by atoms with E-state index in [0.29, 0.717) is 0 Å². The molecule has 0 bridgehead atoms. The van der Waals surface area contributed by atoms with Gasteiger partial charge in [0.15, 0.2) is 5.16 Å². The molecule has 0 unspecified atom stereocenters. The molecule has 3 aromatic rings. The highest BCUT2D eigenvalue weighted by molar-refractivity contribution is 7.99. The number of methoxy groups -OCH3 is 1. The van der Waals surface area contributed by atoms with Crippen molar-refractivity contribution in [1.82, 2.24) is 9.97 Å². The van der Waals surface area contributed by atoms with Crippen molar-refractivity contribution < 1.29 is 4.74 Å². The molecule has 4 nitrogen and oxygen atoms in total. The second-order valence-corrected chi connectivity index (χ2v) is 6.20. The zero-order valence-corrected chi connectivity index (χ0v) is 14.3. The van der Waals surface area contributed by atoms with Crippen LogP contribution in [0.3, 0.4) is 0 Å². The van der Waals surface area contributed by atoms with Gasteiger partial charge < -0.3 is 10.1 Å². The lowest BCUT2D eigenvalue weighted by Gasteiger charge is -2.13. The molecule has 0 saturated carbocycles. The van der Waals surface area contributed by atoms with Gasteiger partial charge in [-0.2, -0.15) is 0 Å². The third-order valence-electron chi connectivity index (χ3n) is 3.61. The Morgan fingerprint density at radius 1 is 1.13 bits per heavy atom. The first-order valence-corrected chi connectivity index (χ1v) is 8.51. The van der Waals surface area contributed by atoms with E-state index in [-0.39, 0.29) is 0 Å². The van der Waals surface area contributed by atoms with Gasteiger partial charge in [0.1, 0.15) is 5.75 Å². The Kier molecular flexibility index (Phi) is 4.67. The molecule has 0 aliphatic heterocycles. The molecular formula is C18H19N3OS. The second-order valence-electron chi connectivity index (χ2n) is 4.97. The zero-order chi connectivity index (χ0) is 16.2. The third-order valence-corrected chi connectivity index (χ3v) is 4.34. The second kappa shape index (κ2) is 6.87. The van der Waals surface area contributed by atoms with Crippen LogP contribution in [0.2, 0.25) is 0 Å². The lowest BCUT2D eigenvalue weighted by atomic mass is 10.0. The number of rotatable bonds is 5. The summed E-state index contributed by atoms with van der Waals surface area (Å²) in [6.45, 7) is 2.10. The van der Waals surface area contributed by atoms with E-state index >= 15 is 0 Å². The van der Waals surface area contributed by atoms with Gasteiger partial charge in [-0.1, -0.05) is 36.9 Å². The van der Waals surface area contributed by atoms with Crippen molar-refractivity contribution in [3.63, 3.8) is 0 Å². The summed E-state index contributed by atoms with van der Waals surface area (Å²) in [5.74, 6) is 1.75. The summed E-state index contributed by atoms with van der Waals surface area (Å²) in [7, 11) is 3.59. The van der Waals surface area contributed by atoms with Gasteiger partial charge in [0, 0.05) is 23.7 Å². The number of benzene rings is 2. The van der Waals surface area contributed by atoms with Crippen LogP contribution in [0.4, 0.5) is 5.69 Å². The number of anilines is 1. The standard InChI is InChI=1S/C18H19N3OS/c1-4-23-18-20-16-8-6-5-7-13(16)17(21-18)14-11-12(22-3)9-10-15(14)19-2/h5-11,19H,4H2,1-3H3. The van der Waals surface area contributed by atoms with Crippen LogP contribution in [-0.4, -0.2) is 29.9 Å². The number of aromatic nitrogens is 2. The summed E-state index contributed by atoms with van der Waals surface area (Å²) in [6.07, 6.45) is 0. The number of nitrogens with one attached hydrogen (secondary N) is 1. The SMILES string of the molecule is CCSc1nc(-c2cc(OC)ccc2NC)c2ccccc2n1. The number of nitrogens with zero attached hydrogens (tertiary/aromatic N) is 2. The maximum Gasteiger partial charge on any atom is 0.188 e. The Morgan fingerprint density at radius 2 is 1.96 bits per heavy atom. The minimum atomic E-state index is 0.797. The number of hydrogen-bond donors (Lipinski definition) is 1. The molecule has 0 saturated heterocycles. The molecule has 118 valence electrons. The molecule has 0 fully saturated rings. The minimum absolute atomic E-state index is 0.797. The van der Waals surface area contributed by atoms with E-state index in [2.05, 4.69) is 23.3 Å². The predicted molar refractivity (Wildman–Crippen MR) is 97.5 cm³/mol. The number of para-hydroxylation sites is 1. The average Bonchev–Trinajstić information content (AvgIpc) is 2.60. The van der Waals surface area contributed by atoms with Gasteiger partial charge in [0.05, 0.1) is 18.3 Å². The van der Waals surface area contributed by atoms with Crippen molar-refractivity contribution in [3.05, 3.63) is 42.5 Å². The fourth-order valence-corrected chi connectivity index (χ4v) is 3.10. The van der Waals surface area contributed by atoms with E-state index in [9.17, 15) is 0 Å². The molecular weight excluding hydrogens is 306 g/mol. The van der Waals surface area contributed by atoms with Gasteiger partial charge in [-0.15, -0.1) is 0 Å². The molecule has 0 amide bonds. The number of fused-ring (bicyclic) bond motifs is 1. The van der Waals surface area contributed by atoms with Crippen LogP contribution in [0, 0.1) is 0 Å². The first kappa shape index (κ1) is 15.6. The zero-order valence-electron chi connectivity index (χ0n) is 13.5. The monoisotopic (exact) mass is 325 g/mol. The number of ether oxygens (including phenoxy) is 1. The molecule has 1 aromatic heterocycles. The largest absolute Gasteiger partial charge is 0.497 e. The van der Waals surface area contributed by atoms with Crippen LogP contribution in [-0.2, 0) is 0 Å². The topological polar surface area (TPSA) is 47.0 Å².